The monoisotopic (exact) mass is 352 g/mol. The summed E-state index contributed by atoms with van der Waals surface area (Å²) in [7, 11) is 0. The van der Waals surface area contributed by atoms with Crippen molar-refractivity contribution in [1.29, 1.82) is 0 Å². The number of piperidine rings is 1. The van der Waals surface area contributed by atoms with Gasteiger partial charge in [0.15, 0.2) is 5.89 Å². The normalized spacial score (nSPS) is 17.5. The van der Waals surface area contributed by atoms with Gasteiger partial charge in [-0.3, -0.25) is 0 Å². The van der Waals surface area contributed by atoms with E-state index < -0.39 is 0 Å². The van der Waals surface area contributed by atoms with Crippen molar-refractivity contribution in [2.24, 2.45) is 0 Å². The lowest BCUT2D eigenvalue weighted by molar-refractivity contribution is 0.383. The molecule has 1 saturated heterocycles. The van der Waals surface area contributed by atoms with Gasteiger partial charge in [-0.1, -0.05) is 18.2 Å². The summed E-state index contributed by atoms with van der Waals surface area (Å²) in [4.78, 5) is 15.4. The van der Waals surface area contributed by atoms with Crippen molar-refractivity contribution in [2.75, 3.05) is 18.0 Å². The van der Waals surface area contributed by atoms with Crippen molar-refractivity contribution in [3.63, 3.8) is 0 Å². The second-order valence-corrected chi connectivity index (χ2v) is 6.68. The van der Waals surface area contributed by atoms with Gasteiger partial charge < -0.3 is 9.32 Å². The molecule has 134 valence electrons. The standard InChI is InChI=1S/C20H21FN4O/c1-14-22-9-8-19(24-14)25-10-4-6-16(13-25)20-23-12-17(26-20)11-15-5-2-3-7-18(15)21/h2-3,5,7-9,12,16H,4,6,10-11,13H2,1H3/t16-/m0/s1. The van der Waals surface area contributed by atoms with Crippen molar-refractivity contribution < 1.29 is 8.81 Å². The van der Waals surface area contributed by atoms with Gasteiger partial charge in [-0.05, 0) is 37.5 Å². The van der Waals surface area contributed by atoms with Gasteiger partial charge in [-0.25, -0.2) is 19.3 Å². The first-order valence-corrected chi connectivity index (χ1v) is 8.91. The molecule has 0 spiro atoms. The lowest BCUT2D eigenvalue weighted by atomic mass is 9.98. The number of oxazole rings is 1. The number of nitrogens with zero attached hydrogens (tertiary/aromatic N) is 4. The van der Waals surface area contributed by atoms with Crippen LogP contribution in [0.1, 0.15) is 41.8 Å². The predicted molar refractivity (Wildman–Crippen MR) is 96.7 cm³/mol. The van der Waals surface area contributed by atoms with Crippen LogP contribution in [0.5, 0.6) is 0 Å². The number of anilines is 1. The van der Waals surface area contributed by atoms with E-state index in [2.05, 4.69) is 19.9 Å². The first-order valence-electron chi connectivity index (χ1n) is 8.91. The lowest BCUT2D eigenvalue weighted by Gasteiger charge is -2.32. The number of aromatic nitrogens is 3. The molecule has 5 nitrogen and oxygen atoms in total. The van der Waals surface area contributed by atoms with Gasteiger partial charge in [0.1, 0.15) is 23.2 Å². The summed E-state index contributed by atoms with van der Waals surface area (Å²) in [5, 5.41) is 0. The minimum atomic E-state index is -0.214. The molecule has 0 radical (unpaired) electrons. The van der Waals surface area contributed by atoms with Gasteiger partial charge in [-0.15, -0.1) is 0 Å². The average molecular weight is 352 g/mol. The third-order valence-electron chi connectivity index (χ3n) is 4.75. The quantitative estimate of drug-likeness (QED) is 0.713. The average Bonchev–Trinajstić information content (AvgIpc) is 3.12. The Labute approximate surface area is 151 Å². The molecule has 0 bridgehead atoms. The molecular formula is C20H21FN4O. The number of halogens is 1. The summed E-state index contributed by atoms with van der Waals surface area (Å²) in [5.74, 6) is 3.14. The first kappa shape index (κ1) is 16.7. The Morgan fingerprint density at radius 1 is 1.23 bits per heavy atom. The van der Waals surface area contributed by atoms with E-state index in [4.69, 9.17) is 4.42 Å². The maximum atomic E-state index is 13.8. The maximum absolute atomic E-state index is 13.8. The molecule has 26 heavy (non-hydrogen) atoms. The minimum Gasteiger partial charge on any atom is -0.445 e. The van der Waals surface area contributed by atoms with E-state index in [1.165, 1.54) is 6.07 Å². The molecule has 1 aliphatic heterocycles. The van der Waals surface area contributed by atoms with Crippen LogP contribution in [-0.4, -0.2) is 28.0 Å². The number of hydrogen-bond donors (Lipinski definition) is 0. The van der Waals surface area contributed by atoms with Crippen LogP contribution < -0.4 is 4.90 Å². The molecule has 1 aromatic carbocycles. The number of hydrogen-bond acceptors (Lipinski definition) is 5. The highest BCUT2D eigenvalue weighted by atomic mass is 19.1. The van der Waals surface area contributed by atoms with Crippen LogP contribution in [0.4, 0.5) is 10.2 Å². The van der Waals surface area contributed by atoms with Gasteiger partial charge in [0.25, 0.3) is 0 Å². The van der Waals surface area contributed by atoms with Gasteiger partial charge in [0.05, 0.1) is 12.1 Å². The van der Waals surface area contributed by atoms with Crippen molar-refractivity contribution in [3.8, 4) is 0 Å². The fraction of sp³-hybridized carbons (Fsp3) is 0.350. The molecule has 6 heteroatoms. The third-order valence-corrected chi connectivity index (χ3v) is 4.75. The molecule has 0 unspecified atom stereocenters. The molecule has 1 aliphatic rings. The molecule has 3 aromatic rings. The van der Waals surface area contributed by atoms with Gasteiger partial charge in [0, 0.05) is 25.7 Å². The summed E-state index contributed by atoms with van der Waals surface area (Å²) in [5.41, 5.74) is 0.622. The maximum Gasteiger partial charge on any atom is 0.199 e. The molecule has 0 amide bonds. The van der Waals surface area contributed by atoms with E-state index in [1.807, 2.05) is 19.1 Å². The smallest absolute Gasteiger partial charge is 0.199 e. The van der Waals surface area contributed by atoms with E-state index >= 15 is 0 Å². The Bertz CT molecular complexity index is 895. The zero-order valence-electron chi connectivity index (χ0n) is 14.7. The van der Waals surface area contributed by atoms with Gasteiger partial charge in [-0.2, -0.15) is 0 Å². The van der Waals surface area contributed by atoms with Crippen molar-refractivity contribution in [1.82, 2.24) is 15.0 Å². The van der Waals surface area contributed by atoms with Crippen LogP contribution in [0.25, 0.3) is 0 Å². The topological polar surface area (TPSA) is 55.1 Å². The molecule has 0 saturated carbocycles. The number of benzene rings is 1. The van der Waals surface area contributed by atoms with Gasteiger partial charge >= 0.3 is 0 Å². The Kier molecular flexibility index (Phi) is 4.65. The highest BCUT2D eigenvalue weighted by Crippen LogP contribution is 2.29. The minimum absolute atomic E-state index is 0.214. The molecular weight excluding hydrogens is 331 g/mol. The van der Waals surface area contributed by atoms with E-state index in [0.29, 0.717) is 17.7 Å². The fourth-order valence-corrected chi connectivity index (χ4v) is 3.43. The Hall–Kier alpha value is -2.76. The van der Waals surface area contributed by atoms with Crippen LogP contribution in [-0.2, 0) is 6.42 Å². The van der Waals surface area contributed by atoms with E-state index in [0.717, 1.165) is 43.5 Å². The SMILES string of the molecule is Cc1nccc(N2CCC[C@H](c3ncc(Cc4ccccc4F)o3)C2)n1. The first-order chi connectivity index (χ1) is 12.7. The van der Waals surface area contributed by atoms with Crippen LogP contribution in [0.3, 0.4) is 0 Å². The Balaban J connectivity index is 1.48. The molecule has 2 aromatic heterocycles. The van der Waals surface area contributed by atoms with Gasteiger partial charge in [0.2, 0.25) is 0 Å². The summed E-state index contributed by atoms with van der Waals surface area (Å²) in [6.07, 6.45) is 6.01. The molecule has 1 atom stereocenters. The largest absolute Gasteiger partial charge is 0.445 e. The molecule has 0 N–H and O–H groups in total. The fourth-order valence-electron chi connectivity index (χ4n) is 3.43. The van der Waals surface area contributed by atoms with Crippen molar-refractivity contribution in [2.45, 2.75) is 32.1 Å². The summed E-state index contributed by atoms with van der Waals surface area (Å²) < 4.78 is 19.8. The highest BCUT2D eigenvalue weighted by Gasteiger charge is 2.26. The summed E-state index contributed by atoms with van der Waals surface area (Å²) in [6.45, 7) is 3.68. The predicted octanol–water partition coefficient (Wildman–Crippen LogP) is 3.89. The number of rotatable bonds is 4. The lowest BCUT2D eigenvalue weighted by Crippen LogP contribution is -2.35. The Morgan fingerprint density at radius 2 is 2.12 bits per heavy atom. The zero-order valence-corrected chi connectivity index (χ0v) is 14.7. The van der Waals surface area contributed by atoms with Crippen LogP contribution in [0, 0.1) is 12.7 Å². The van der Waals surface area contributed by atoms with Crippen molar-refractivity contribution >= 4 is 5.82 Å². The van der Waals surface area contributed by atoms with Crippen LogP contribution in [0.15, 0.2) is 47.1 Å². The summed E-state index contributed by atoms with van der Waals surface area (Å²) in [6, 6.07) is 8.70. The molecule has 0 aliphatic carbocycles. The highest BCUT2D eigenvalue weighted by molar-refractivity contribution is 5.38. The van der Waals surface area contributed by atoms with Crippen molar-refractivity contribution in [3.05, 3.63) is 71.6 Å². The van der Waals surface area contributed by atoms with E-state index in [-0.39, 0.29) is 11.7 Å². The van der Waals surface area contributed by atoms with E-state index in [9.17, 15) is 4.39 Å². The molecule has 4 rings (SSSR count). The second-order valence-electron chi connectivity index (χ2n) is 6.68. The molecule has 3 heterocycles. The van der Waals surface area contributed by atoms with Crippen LogP contribution in [0.2, 0.25) is 0 Å². The number of aryl methyl sites for hydroxylation is 1. The third kappa shape index (κ3) is 3.59. The molecule has 1 fully saturated rings. The zero-order chi connectivity index (χ0) is 17.9. The Morgan fingerprint density at radius 3 is 2.96 bits per heavy atom. The van der Waals surface area contributed by atoms with E-state index in [1.54, 1.807) is 24.5 Å². The second kappa shape index (κ2) is 7.23. The van der Waals surface area contributed by atoms with Crippen LogP contribution >= 0.6 is 0 Å². The summed E-state index contributed by atoms with van der Waals surface area (Å²) >= 11 is 0.